The number of carboxylic acids is 1. The number of likely N-dealkylation sites (tertiary alicyclic amines) is 1. The molecule has 1 saturated heterocycles. The van der Waals surface area contributed by atoms with Crippen LogP contribution in [0.4, 0.5) is 0 Å². The molecule has 228 valence electrons. The molecule has 0 aromatic heterocycles. The molecule has 0 bridgehead atoms. The van der Waals surface area contributed by atoms with E-state index in [1.807, 2.05) is 44.2 Å². The molecule has 0 spiro atoms. The van der Waals surface area contributed by atoms with Crippen LogP contribution in [0.25, 0.3) is 0 Å². The molecule has 1 fully saturated rings. The fraction of sp³-hybridized carbons (Fsp3) is 0.607. The lowest BCUT2D eigenvalue weighted by Crippen LogP contribution is -2.59. The van der Waals surface area contributed by atoms with Crippen LogP contribution in [0.5, 0.6) is 0 Å². The summed E-state index contributed by atoms with van der Waals surface area (Å²) < 4.78 is 0. The summed E-state index contributed by atoms with van der Waals surface area (Å²) in [4.78, 5) is 64.0. The number of rotatable bonds is 16. The highest BCUT2D eigenvalue weighted by Gasteiger charge is 2.40. The summed E-state index contributed by atoms with van der Waals surface area (Å²) in [7, 11) is 0. The minimum Gasteiger partial charge on any atom is -0.480 e. The number of benzene rings is 1. The van der Waals surface area contributed by atoms with Crippen molar-refractivity contribution in [1.29, 1.82) is 0 Å². The zero-order chi connectivity index (χ0) is 30.4. The van der Waals surface area contributed by atoms with E-state index in [1.54, 1.807) is 0 Å². The summed E-state index contributed by atoms with van der Waals surface area (Å²) in [5.41, 5.74) is 10.8. The molecule has 0 radical (unpaired) electrons. The third-order valence-corrected chi connectivity index (χ3v) is 7.04. The number of hydrogen-bond acceptors (Lipinski definition) is 8. The fourth-order valence-electron chi connectivity index (χ4n) is 4.53. The smallest absolute Gasteiger partial charge is 0.323 e. The topological polar surface area (TPSA) is 209 Å². The quantitative estimate of drug-likeness (QED) is 0.118. The van der Waals surface area contributed by atoms with Crippen molar-refractivity contribution in [3.8, 4) is 0 Å². The Morgan fingerprint density at radius 1 is 0.976 bits per heavy atom. The number of amides is 4. The third kappa shape index (κ3) is 11.5. The summed E-state index contributed by atoms with van der Waals surface area (Å²) in [6.07, 6.45) is 2.27. The van der Waals surface area contributed by atoms with Crippen molar-refractivity contribution in [2.75, 3.05) is 32.7 Å². The van der Waals surface area contributed by atoms with E-state index in [4.69, 9.17) is 11.5 Å². The van der Waals surface area contributed by atoms with Gasteiger partial charge in [0, 0.05) is 25.6 Å². The number of carbonyl (C=O) groups excluding carboxylic acids is 4. The van der Waals surface area contributed by atoms with Gasteiger partial charge in [-0.2, -0.15) is 0 Å². The van der Waals surface area contributed by atoms with Crippen LogP contribution in [-0.4, -0.2) is 96.0 Å². The molecule has 1 aromatic carbocycles. The normalized spacial score (nSPS) is 16.0. The second-order valence-corrected chi connectivity index (χ2v) is 10.7. The molecular formula is C28H45N7O6. The number of nitrogens with zero attached hydrogens (tertiary/aromatic N) is 1. The standard InChI is InChI=1S/C28H45N7O6/c1-19(2)31-13-7-6-10-21(26(39)35-14-11-28(30,12-15-35)27(40)41)33-24(37)18-32-25(38)22(34-23(36)17-29)16-20-8-4-3-5-9-20/h3-5,8-9,19,21-22,31H,6-7,10-18,29-30H2,1-2H3,(H,32,38)(H,33,37)(H,34,36)(H,40,41)/t21-,22-/m1/s1. The Hall–Kier alpha value is -3.55. The van der Waals surface area contributed by atoms with Gasteiger partial charge in [-0.05, 0) is 44.2 Å². The number of hydrogen-bond donors (Lipinski definition) is 7. The van der Waals surface area contributed by atoms with E-state index in [1.165, 1.54) is 4.90 Å². The molecule has 41 heavy (non-hydrogen) atoms. The Balaban J connectivity index is 2.00. The number of nitrogens with two attached hydrogens (primary N) is 2. The van der Waals surface area contributed by atoms with E-state index >= 15 is 0 Å². The second kappa shape index (κ2) is 16.7. The van der Waals surface area contributed by atoms with Gasteiger partial charge in [-0.3, -0.25) is 24.0 Å². The average Bonchev–Trinajstić information content (AvgIpc) is 2.95. The molecule has 9 N–H and O–H groups in total. The maximum Gasteiger partial charge on any atom is 0.323 e. The minimum absolute atomic E-state index is 0.112. The van der Waals surface area contributed by atoms with Crippen LogP contribution in [0.2, 0.25) is 0 Å². The van der Waals surface area contributed by atoms with Gasteiger partial charge in [0.15, 0.2) is 0 Å². The minimum atomic E-state index is -1.38. The molecule has 1 heterocycles. The summed E-state index contributed by atoms with van der Waals surface area (Å²) in [5.74, 6) is -3.04. The Kier molecular flexibility index (Phi) is 13.7. The summed E-state index contributed by atoms with van der Waals surface area (Å²) in [6, 6.07) is 7.65. The Bertz CT molecular complexity index is 1030. The van der Waals surface area contributed by atoms with Crippen molar-refractivity contribution in [2.45, 2.75) is 76.0 Å². The summed E-state index contributed by atoms with van der Waals surface area (Å²) in [6.45, 7) is 4.49. The lowest BCUT2D eigenvalue weighted by atomic mass is 9.88. The molecule has 0 unspecified atom stereocenters. The van der Waals surface area contributed by atoms with Crippen molar-refractivity contribution in [2.24, 2.45) is 11.5 Å². The van der Waals surface area contributed by atoms with Crippen LogP contribution in [0.15, 0.2) is 30.3 Å². The van der Waals surface area contributed by atoms with E-state index < -0.39 is 47.9 Å². The first kappa shape index (κ1) is 33.7. The van der Waals surface area contributed by atoms with Crippen LogP contribution in [0, 0.1) is 0 Å². The van der Waals surface area contributed by atoms with Gasteiger partial charge in [0.1, 0.15) is 17.6 Å². The summed E-state index contributed by atoms with van der Waals surface area (Å²) in [5, 5.41) is 20.6. The van der Waals surface area contributed by atoms with Gasteiger partial charge in [0.05, 0.1) is 13.1 Å². The first-order valence-corrected chi connectivity index (χ1v) is 14.1. The highest BCUT2D eigenvalue weighted by atomic mass is 16.4. The number of unbranched alkanes of at least 4 members (excludes halogenated alkanes) is 1. The van der Waals surface area contributed by atoms with Crippen LogP contribution < -0.4 is 32.7 Å². The Labute approximate surface area is 241 Å². The van der Waals surface area contributed by atoms with Crippen LogP contribution >= 0.6 is 0 Å². The van der Waals surface area contributed by atoms with E-state index in [0.717, 1.165) is 18.5 Å². The van der Waals surface area contributed by atoms with Gasteiger partial charge >= 0.3 is 5.97 Å². The maximum atomic E-state index is 13.4. The zero-order valence-corrected chi connectivity index (χ0v) is 24.0. The Morgan fingerprint density at radius 2 is 1.61 bits per heavy atom. The molecule has 2 rings (SSSR count). The zero-order valence-electron chi connectivity index (χ0n) is 24.0. The van der Waals surface area contributed by atoms with Gasteiger partial charge in [-0.25, -0.2) is 0 Å². The first-order chi connectivity index (χ1) is 19.4. The molecule has 1 aromatic rings. The van der Waals surface area contributed by atoms with E-state index in [2.05, 4.69) is 21.3 Å². The molecule has 1 aliphatic heterocycles. The maximum absolute atomic E-state index is 13.4. The molecule has 1 aliphatic rings. The van der Waals surface area contributed by atoms with Crippen molar-refractivity contribution >= 4 is 29.6 Å². The van der Waals surface area contributed by atoms with Gasteiger partial charge < -0.3 is 42.7 Å². The van der Waals surface area contributed by atoms with Crippen LogP contribution in [-0.2, 0) is 30.4 Å². The number of carbonyl (C=O) groups is 5. The Morgan fingerprint density at radius 3 is 2.20 bits per heavy atom. The number of piperidine rings is 1. The second-order valence-electron chi connectivity index (χ2n) is 10.7. The lowest BCUT2D eigenvalue weighted by molar-refractivity contribution is -0.148. The van der Waals surface area contributed by atoms with Crippen molar-refractivity contribution in [3.05, 3.63) is 35.9 Å². The molecule has 2 atom stereocenters. The van der Waals surface area contributed by atoms with E-state index in [0.29, 0.717) is 18.9 Å². The van der Waals surface area contributed by atoms with Crippen molar-refractivity contribution in [3.63, 3.8) is 0 Å². The van der Waals surface area contributed by atoms with Crippen LogP contribution in [0.3, 0.4) is 0 Å². The molecule has 0 aliphatic carbocycles. The molecular weight excluding hydrogens is 530 g/mol. The van der Waals surface area contributed by atoms with E-state index in [-0.39, 0.29) is 44.8 Å². The van der Waals surface area contributed by atoms with Crippen molar-refractivity contribution < 1.29 is 29.1 Å². The molecule has 0 saturated carbocycles. The molecule has 4 amide bonds. The molecule has 13 nitrogen and oxygen atoms in total. The predicted molar refractivity (Wildman–Crippen MR) is 153 cm³/mol. The SMILES string of the molecule is CC(C)NCCCC[C@@H](NC(=O)CNC(=O)[C@@H](Cc1ccccc1)NC(=O)CN)C(=O)N1CCC(N)(C(=O)O)CC1. The highest BCUT2D eigenvalue weighted by molar-refractivity contribution is 5.93. The number of nitrogens with one attached hydrogen (secondary N) is 4. The number of carboxylic acid groups (broad SMARTS) is 1. The largest absolute Gasteiger partial charge is 0.480 e. The van der Waals surface area contributed by atoms with Crippen LogP contribution in [0.1, 0.15) is 51.5 Å². The highest BCUT2D eigenvalue weighted by Crippen LogP contribution is 2.21. The average molecular weight is 576 g/mol. The van der Waals surface area contributed by atoms with Gasteiger partial charge in [0.2, 0.25) is 23.6 Å². The predicted octanol–water partition coefficient (Wildman–Crippen LogP) is -1.15. The lowest BCUT2D eigenvalue weighted by Gasteiger charge is -2.37. The van der Waals surface area contributed by atoms with Crippen molar-refractivity contribution in [1.82, 2.24) is 26.2 Å². The van der Waals surface area contributed by atoms with E-state index in [9.17, 15) is 29.1 Å². The first-order valence-electron chi connectivity index (χ1n) is 14.1. The molecule has 13 heteroatoms. The van der Waals surface area contributed by atoms with Gasteiger partial charge in [-0.1, -0.05) is 44.2 Å². The third-order valence-electron chi connectivity index (χ3n) is 7.04. The summed E-state index contributed by atoms with van der Waals surface area (Å²) >= 11 is 0. The number of aliphatic carboxylic acids is 1. The monoisotopic (exact) mass is 575 g/mol. The van der Waals surface area contributed by atoms with Gasteiger partial charge in [-0.15, -0.1) is 0 Å². The fourth-order valence-corrected chi connectivity index (χ4v) is 4.53. The van der Waals surface area contributed by atoms with Gasteiger partial charge in [0.25, 0.3) is 0 Å².